The smallest absolute Gasteiger partial charge is 0.168 e. The Kier molecular flexibility index (Phi) is 6.76. The van der Waals surface area contributed by atoms with Crippen LogP contribution in [-0.4, -0.2) is 12.3 Å². The van der Waals surface area contributed by atoms with Gasteiger partial charge in [-0.3, -0.25) is 4.79 Å². The maximum absolute atomic E-state index is 13.8. The van der Waals surface area contributed by atoms with Crippen molar-refractivity contribution in [2.24, 2.45) is 17.6 Å². The summed E-state index contributed by atoms with van der Waals surface area (Å²) in [4.78, 5) is 12.0. The number of Topliss-reactive ketones (excluding diaryl/α,β-unsaturated/α-hetero) is 1. The van der Waals surface area contributed by atoms with Crippen LogP contribution in [0.2, 0.25) is 0 Å². The Bertz CT molecular complexity index is 477. The highest BCUT2D eigenvalue weighted by Crippen LogP contribution is 2.26. The molecule has 1 unspecified atom stereocenters. The molecule has 0 fully saturated rings. The highest BCUT2D eigenvalue weighted by Gasteiger charge is 2.21. The molecule has 20 heavy (non-hydrogen) atoms. The molecule has 1 aromatic carbocycles. The van der Waals surface area contributed by atoms with Crippen molar-refractivity contribution in [3.63, 3.8) is 0 Å². The van der Waals surface area contributed by atoms with Crippen LogP contribution in [0.25, 0.3) is 0 Å². The van der Waals surface area contributed by atoms with Crippen LogP contribution < -0.4 is 5.73 Å². The SMILES string of the molecule is CC(C)C(CCN)CCC(=O)c1c(F)ccc(Br)c1F. The summed E-state index contributed by atoms with van der Waals surface area (Å²) in [5.41, 5.74) is 5.09. The Morgan fingerprint density at radius 2 is 1.95 bits per heavy atom. The van der Waals surface area contributed by atoms with E-state index in [1.165, 1.54) is 6.07 Å². The summed E-state index contributed by atoms with van der Waals surface area (Å²) in [7, 11) is 0. The topological polar surface area (TPSA) is 43.1 Å². The van der Waals surface area contributed by atoms with Gasteiger partial charge in [0.15, 0.2) is 11.6 Å². The quantitative estimate of drug-likeness (QED) is 0.589. The van der Waals surface area contributed by atoms with Crippen LogP contribution in [0.4, 0.5) is 8.78 Å². The maximum Gasteiger partial charge on any atom is 0.168 e. The average Bonchev–Trinajstić information content (AvgIpc) is 2.39. The molecule has 0 saturated heterocycles. The first kappa shape index (κ1) is 17.2. The average molecular weight is 348 g/mol. The van der Waals surface area contributed by atoms with Crippen molar-refractivity contribution in [3.05, 3.63) is 33.8 Å². The van der Waals surface area contributed by atoms with Crippen molar-refractivity contribution in [3.8, 4) is 0 Å². The second kappa shape index (κ2) is 7.84. The molecule has 1 atom stereocenters. The van der Waals surface area contributed by atoms with Gasteiger partial charge in [-0.1, -0.05) is 13.8 Å². The summed E-state index contributed by atoms with van der Waals surface area (Å²) in [6.45, 7) is 4.67. The van der Waals surface area contributed by atoms with Gasteiger partial charge in [0, 0.05) is 6.42 Å². The standard InChI is InChI=1S/C15H20BrF2NO/c1-9(2)10(7-8-19)3-6-13(20)14-12(17)5-4-11(16)15(14)18/h4-5,9-10H,3,6-8,19H2,1-2H3. The van der Waals surface area contributed by atoms with Gasteiger partial charge in [-0.2, -0.15) is 0 Å². The number of nitrogens with two attached hydrogens (primary N) is 1. The van der Waals surface area contributed by atoms with Gasteiger partial charge in [-0.05, 0) is 59.3 Å². The van der Waals surface area contributed by atoms with Crippen molar-refractivity contribution in [1.82, 2.24) is 0 Å². The third kappa shape index (κ3) is 4.35. The van der Waals surface area contributed by atoms with Crippen molar-refractivity contribution in [1.29, 1.82) is 0 Å². The molecule has 0 radical (unpaired) electrons. The third-order valence-corrected chi connectivity index (χ3v) is 4.16. The summed E-state index contributed by atoms with van der Waals surface area (Å²) in [6.07, 6.45) is 1.54. The minimum atomic E-state index is -0.824. The normalized spacial score (nSPS) is 12.8. The molecule has 112 valence electrons. The van der Waals surface area contributed by atoms with Gasteiger partial charge in [-0.25, -0.2) is 8.78 Å². The van der Waals surface area contributed by atoms with E-state index in [0.29, 0.717) is 24.8 Å². The Hall–Kier alpha value is -0.810. The van der Waals surface area contributed by atoms with Gasteiger partial charge in [-0.15, -0.1) is 0 Å². The number of benzene rings is 1. The zero-order valence-electron chi connectivity index (χ0n) is 11.8. The lowest BCUT2D eigenvalue weighted by atomic mass is 9.87. The molecule has 0 aliphatic carbocycles. The van der Waals surface area contributed by atoms with Crippen molar-refractivity contribution in [2.45, 2.75) is 33.1 Å². The fourth-order valence-corrected chi connectivity index (χ4v) is 2.58. The van der Waals surface area contributed by atoms with Gasteiger partial charge in [0.2, 0.25) is 0 Å². The molecule has 0 aliphatic heterocycles. The zero-order valence-corrected chi connectivity index (χ0v) is 13.3. The van der Waals surface area contributed by atoms with E-state index < -0.39 is 23.0 Å². The number of hydrogen-bond donors (Lipinski definition) is 1. The Balaban J connectivity index is 2.79. The molecule has 2 N–H and O–H groups in total. The lowest BCUT2D eigenvalue weighted by Crippen LogP contribution is -2.16. The van der Waals surface area contributed by atoms with Crippen molar-refractivity contribution in [2.75, 3.05) is 6.54 Å². The van der Waals surface area contributed by atoms with E-state index in [1.54, 1.807) is 0 Å². The lowest BCUT2D eigenvalue weighted by molar-refractivity contribution is 0.0960. The van der Waals surface area contributed by atoms with Gasteiger partial charge in [0.05, 0.1) is 10.0 Å². The number of halogens is 3. The highest BCUT2D eigenvalue weighted by molar-refractivity contribution is 9.10. The minimum absolute atomic E-state index is 0.101. The fraction of sp³-hybridized carbons (Fsp3) is 0.533. The molecular formula is C15H20BrF2NO. The summed E-state index contributed by atoms with van der Waals surface area (Å²) in [5, 5.41) is 0. The minimum Gasteiger partial charge on any atom is -0.330 e. The number of ketones is 1. The van der Waals surface area contributed by atoms with E-state index in [1.807, 2.05) is 0 Å². The molecular weight excluding hydrogens is 328 g/mol. The van der Waals surface area contributed by atoms with Crippen LogP contribution in [0.1, 0.15) is 43.5 Å². The largest absolute Gasteiger partial charge is 0.330 e. The molecule has 0 amide bonds. The first-order valence-corrected chi connectivity index (χ1v) is 7.54. The third-order valence-electron chi connectivity index (χ3n) is 3.55. The first-order chi connectivity index (χ1) is 9.38. The lowest BCUT2D eigenvalue weighted by Gasteiger charge is -2.19. The molecule has 0 aromatic heterocycles. The van der Waals surface area contributed by atoms with Crippen LogP contribution in [0, 0.1) is 23.5 Å². The van der Waals surface area contributed by atoms with E-state index in [2.05, 4.69) is 29.8 Å². The number of rotatable bonds is 7. The van der Waals surface area contributed by atoms with E-state index in [4.69, 9.17) is 5.73 Å². The zero-order chi connectivity index (χ0) is 15.3. The number of carbonyl (C=O) groups excluding carboxylic acids is 1. The summed E-state index contributed by atoms with van der Waals surface area (Å²) >= 11 is 2.97. The Morgan fingerprint density at radius 1 is 1.30 bits per heavy atom. The van der Waals surface area contributed by atoms with Crippen LogP contribution in [0.5, 0.6) is 0 Å². The molecule has 2 nitrogen and oxygen atoms in total. The molecule has 0 saturated carbocycles. The van der Waals surface area contributed by atoms with Gasteiger partial charge in [0.25, 0.3) is 0 Å². The molecule has 1 aromatic rings. The van der Waals surface area contributed by atoms with Crippen LogP contribution in [0.15, 0.2) is 16.6 Å². The molecule has 0 heterocycles. The molecule has 0 bridgehead atoms. The molecule has 0 aliphatic rings. The first-order valence-electron chi connectivity index (χ1n) is 6.75. The van der Waals surface area contributed by atoms with Gasteiger partial charge < -0.3 is 5.73 Å². The Labute approximate surface area is 126 Å². The van der Waals surface area contributed by atoms with E-state index in [0.717, 1.165) is 12.5 Å². The molecule has 0 spiro atoms. The van der Waals surface area contributed by atoms with Gasteiger partial charge >= 0.3 is 0 Å². The second-order valence-corrected chi connectivity index (χ2v) is 6.12. The monoisotopic (exact) mass is 347 g/mol. The second-order valence-electron chi connectivity index (χ2n) is 5.26. The maximum atomic E-state index is 13.8. The van der Waals surface area contributed by atoms with Crippen molar-refractivity contribution < 1.29 is 13.6 Å². The predicted octanol–water partition coefficient (Wildman–Crippen LogP) is 4.31. The van der Waals surface area contributed by atoms with E-state index in [9.17, 15) is 13.6 Å². The summed E-state index contributed by atoms with van der Waals surface area (Å²) in [5.74, 6) is -1.44. The number of carbonyl (C=O) groups is 1. The molecule has 5 heteroatoms. The van der Waals surface area contributed by atoms with E-state index >= 15 is 0 Å². The van der Waals surface area contributed by atoms with Crippen LogP contribution in [-0.2, 0) is 0 Å². The van der Waals surface area contributed by atoms with Gasteiger partial charge in [0.1, 0.15) is 5.82 Å². The van der Waals surface area contributed by atoms with Crippen LogP contribution in [0.3, 0.4) is 0 Å². The predicted molar refractivity (Wildman–Crippen MR) is 79.6 cm³/mol. The van der Waals surface area contributed by atoms with E-state index in [-0.39, 0.29) is 10.9 Å². The highest BCUT2D eigenvalue weighted by atomic mass is 79.9. The molecule has 1 rings (SSSR count). The van der Waals surface area contributed by atoms with Crippen LogP contribution >= 0.6 is 15.9 Å². The summed E-state index contributed by atoms with van der Waals surface area (Å²) in [6, 6.07) is 2.35. The van der Waals surface area contributed by atoms with Crippen molar-refractivity contribution >= 4 is 21.7 Å². The number of hydrogen-bond acceptors (Lipinski definition) is 2. The fourth-order valence-electron chi connectivity index (χ4n) is 2.25. The summed E-state index contributed by atoms with van der Waals surface area (Å²) < 4.78 is 27.5. The Morgan fingerprint density at radius 3 is 2.50 bits per heavy atom.